The van der Waals surface area contributed by atoms with Crippen molar-refractivity contribution >= 4 is 39.0 Å². The Morgan fingerprint density at radius 2 is 1.83 bits per heavy atom. The number of carboxylic acid groups (broad SMARTS) is 1. The molecule has 0 radical (unpaired) electrons. The molecule has 0 aliphatic rings. The summed E-state index contributed by atoms with van der Waals surface area (Å²) in [5.74, 6) is -1.98. The van der Waals surface area contributed by atoms with Crippen LogP contribution in [0.2, 0.25) is 10.0 Å². The van der Waals surface area contributed by atoms with Crippen LogP contribution in [-0.4, -0.2) is 24.7 Å². The SMILES string of the molecule is CC(C)C(C(=O)O)S(=O)(=O)c1cc(Cl)ccc1Cl. The average molecular weight is 311 g/mol. The van der Waals surface area contributed by atoms with Crippen molar-refractivity contribution in [1.29, 1.82) is 0 Å². The Balaban J connectivity index is 3.45. The van der Waals surface area contributed by atoms with Crippen LogP contribution in [0.3, 0.4) is 0 Å². The third-order valence-electron chi connectivity index (χ3n) is 2.38. The summed E-state index contributed by atoms with van der Waals surface area (Å²) in [6.07, 6.45) is 0. The lowest BCUT2D eigenvalue weighted by atomic mass is 10.1. The molecule has 0 heterocycles. The van der Waals surface area contributed by atoms with E-state index in [0.717, 1.165) is 6.07 Å². The highest BCUT2D eigenvalue weighted by atomic mass is 35.5. The minimum Gasteiger partial charge on any atom is -0.480 e. The van der Waals surface area contributed by atoms with Gasteiger partial charge in [-0.05, 0) is 24.1 Å². The third-order valence-corrected chi connectivity index (χ3v) is 5.43. The van der Waals surface area contributed by atoms with Crippen molar-refractivity contribution in [2.24, 2.45) is 5.92 Å². The van der Waals surface area contributed by atoms with Crippen LogP contribution in [0.15, 0.2) is 23.1 Å². The zero-order valence-electron chi connectivity index (χ0n) is 9.72. The summed E-state index contributed by atoms with van der Waals surface area (Å²) >= 11 is 11.5. The van der Waals surface area contributed by atoms with Crippen molar-refractivity contribution in [2.45, 2.75) is 24.0 Å². The van der Waals surface area contributed by atoms with E-state index in [1.165, 1.54) is 26.0 Å². The summed E-state index contributed by atoms with van der Waals surface area (Å²) in [7, 11) is -4.07. The maximum atomic E-state index is 12.3. The van der Waals surface area contributed by atoms with Crippen LogP contribution in [0.25, 0.3) is 0 Å². The molecule has 1 rings (SSSR count). The van der Waals surface area contributed by atoms with Gasteiger partial charge in [-0.2, -0.15) is 0 Å². The van der Waals surface area contributed by atoms with Gasteiger partial charge in [-0.15, -0.1) is 0 Å². The van der Waals surface area contributed by atoms with Crippen LogP contribution >= 0.6 is 23.2 Å². The summed E-state index contributed by atoms with van der Waals surface area (Å²) in [4.78, 5) is 10.8. The minimum absolute atomic E-state index is 0.0358. The van der Waals surface area contributed by atoms with Crippen molar-refractivity contribution in [1.82, 2.24) is 0 Å². The molecule has 1 aromatic rings. The molecule has 0 saturated carbocycles. The summed E-state index contributed by atoms with van der Waals surface area (Å²) < 4.78 is 24.5. The molecule has 0 spiro atoms. The molecule has 1 unspecified atom stereocenters. The Kier molecular flexibility index (Phi) is 4.64. The molecule has 0 aromatic heterocycles. The van der Waals surface area contributed by atoms with Crippen LogP contribution < -0.4 is 0 Å². The lowest BCUT2D eigenvalue weighted by molar-refractivity contribution is -0.137. The molecule has 1 atom stereocenters. The second-order valence-electron chi connectivity index (χ2n) is 4.12. The number of halogens is 2. The molecule has 1 N–H and O–H groups in total. The zero-order chi connectivity index (χ0) is 14.1. The number of benzene rings is 1. The molecule has 18 heavy (non-hydrogen) atoms. The molecule has 0 amide bonds. The molecule has 0 aliphatic carbocycles. The van der Waals surface area contributed by atoms with E-state index >= 15 is 0 Å². The second kappa shape index (κ2) is 5.47. The molecule has 0 aliphatic heterocycles. The smallest absolute Gasteiger partial charge is 0.322 e. The van der Waals surface area contributed by atoms with E-state index < -0.39 is 27.0 Å². The molecule has 0 saturated heterocycles. The Hall–Kier alpha value is -0.780. The van der Waals surface area contributed by atoms with E-state index in [1.54, 1.807) is 0 Å². The van der Waals surface area contributed by atoms with E-state index in [4.69, 9.17) is 28.3 Å². The van der Waals surface area contributed by atoms with E-state index in [1.807, 2.05) is 0 Å². The lowest BCUT2D eigenvalue weighted by Crippen LogP contribution is -2.35. The molecule has 4 nitrogen and oxygen atoms in total. The first-order valence-corrected chi connectivity index (χ1v) is 7.40. The predicted molar refractivity (Wildman–Crippen MR) is 69.9 cm³/mol. The molecule has 0 fully saturated rings. The Labute approximate surface area is 115 Å². The van der Waals surface area contributed by atoms with Crippen molar-refractivity contribution in [3.05, 3.63) is 28.2 Å². The van der Waals surface area contributed by atoms with Crippen molar-refractivity contribution < 1.29 is 18.3 Å². The van der Waals surface area contributed by atoms with E-state index in [0.29, 0.717) is 0 Å². The molecule has 0 bridgehead atoms. The normalized spacial score (nSPS) is 13.6. The summed E-state index contributed by atoms with van der Waals surface area (Å²) in [5, 5.41) is 7.65. The quantitative estimate of drug-likeness (QED) is 0.928. The van der Waals surface area contributed by atoms with Gasteiger partial charge >= 0.3 is 5.97 Å². The number of hydrogen-bond acceptors (Lipinski definition) is 3. The Morgan fingerprint density at radius 1 is 1.28 bits per heavy atom. The zero-order valence-corrected chi connectivity index (χ0v) is 12.1. The standard InChI is InChI=1S/C11H12Cl2O4S/c1-6(2)10(11(14)15)18(16,17)9-5-7(12)3-4-8(9)13/h3-6,10H,1-2H3,(H,14,15). The highest BCUT2D eigenvalue weighted by Crippen LogP contribution is 2.30. The fourth-order valence-corrected chi connectivity index (χ4v) is 4.17. The summed E-state index contributed by atoms with van der Waals surface area (Å²) in [6, 6.07) is 3.93. The first-order chi connectivity index (χ1) is 8.17. The van der Waals surface area contributed by atoms with Gasteiger partial charge < -0.3 is 5.11 Å². The fraction of sp³-hybridized carbons (Fsp3) is 0.364. The molecule has 7 heteroatoms. The molecular formula is C11H12Cl2O4S. The van der Waals surface area contributed by atoms with E-state index in [2.05, 4.69) is 0 Å². The van der Waals surface area contributed by atoms with E-state index in [9.17, 15) is 13.2 Å². The van der Waals surface area contributed by atoms with Crippen molar-refractivity contribution in [2.75, 3.05) is 0 Å². The van der Waals surface area contributed by atoms with Gasteiger partial charge in [-0.1, -0.05) is 37.0 Å². The van der Waals surface area contributed by atoms with Gasteiger partial charge in [0.05, 0.1) is 9.92 Å². The third kappa shape index (κ3) is 2.96. The van der Waals surface area contributed by atoms with Gasteiger partial charge in [0.15, 0.2) is 15.1 Å². The first-order valence-electron chi connectivity index (χ1n) is 5.09. The van der Waals surface area contributed by atoms with Gasteiger partial charge in [0.2, 0.25) is 0 Å². The number of rotatable bonds is 4. The molecule has 1 aromatic carbocycles. The fourth-order valence-electron chi connectivity index (χ4n) is 1.61. The highest BCUT2D eigenvalue weighted by Gasteiger charge is 2.37. The summed E-state index contributed by atoms with van der Waals surface area (Å²) in [5.41, 5.74) is 0. The lowest BCUT2D eigenvalue weighted by Gasteiger charge is -2.17. The maximum absolute atomic E-state index is 12.3. The van der Waals surface area contributed by atoms with E-state index in [-0.39, 0.29) is 14.9 Å². The van der Waals surface area contributed by atoms with Gasteiger partial charge in [0.1, 0.15) is 0 Å². The van der Waals surface area contributed by atoms with Gasteiger partial charge in [-0.3, -0.25) is 4.79 Å². The first kappa shape index (κ1) is 15.3. The molecule has 100 valence electrons. The van der Waals surface area contributed by atoms with Crippen LogP contribution in [0, 0.1) is 5.92 Å². The highest BCUT2D eigenvalue weighted by molar-refractivity contribution is 7.93. The average Bonchev–Trinajstić information content (AvgIpc) is 2.19. The van der Waals surface area contributed by atoms with Crippen LogP contribution in [-0.2, 0) is 14.6 Å². The maximum Gasteiger partial charge on any atom is 0.322 e. The number of hydrogen-bond donors (Lipinski definition) is 1. The van der Waals surface area contributed by atoms with Crippen LogP contribution in [0.5, 0.6) is 0 Å². The number of carboxylic acids is 1. The number of sulfone groups is 1. The number of carbonyl (C=O) groups is 1. The summed E-state index contributed by atoms with van der Waals surface area (Å²) in [6.45, 7) is 3.05. The van der Waals surface area contributed by atoms with Gasteiger partial charge in [0, 0.05) is 5.02 Å². The van der Waals surface area contributed by atoms with Gasteiger partial charge in [-0.25, -0.2) is 8.42 Å². The Bertz CT molecular complexity index is 566. The predicted octanol–water partition coefficient (Wildman–Crippen LogP) is 2.88. The second-order valence-corrected chi connectivity index (χ2v) is 7.00. The largest absolute Gasteiger partial charge is 0.480 e. The topological polar surface area (TPSA) is 71.4 Å². The van der Waals surface area contributed by atoms with Gasteiger partial charge in [0.25, 0.3) is 0 Å². The van der Waals surface area contributed by atoms with Crippen molar-refractivity contribution in [3.63, 3.8) is 0 Å². The van der Waals surface area contributed by atoms with Crippen LogP contribution in [0.4, 0.5) is 0 Å². The van der Waals surface area contributed by atoms with Crippen LogP contribution in [0.1, 0.15) is 13.8 Å². The Morgan fingerprint density at radius 3 is 2.28 bits per heavy atom. The van der Waals surface area contributed by atoms with Crippen molar-refractivity contribution in [3.8, 4) is 0 Å². The number of aliphatic carboxylic acids is 1. The minimum atomic E-state index is -4.07. The monoisotopic (exact) mass is 310 g/mol. The molecular weight excluding hydrogens is 299 g/mol.